The second kappa shape index (κ2) is 5.97. The zero-order valence-corrected chi connectivity index (χ0v) is 10.5. The monoisotopic (exact) mass is 243 g/mol. The maximum atomic E-state index is 11.8. The second-order valence-corrected chi connectivity index (χ2v) is 4.55. The normalized spacial score (nSPS) is 24.5. The largest absolute Gasteiger partial charge is 0.377 e. The third kappa shape index (κ3) is 3.98. The molecule has 98 valence electrons. The van der Waals surface area contributed by atoms with E-state index in [9.17, 15) is 9.59 Å². The van der Waals surface area contributed by atoms with E-state index < -0.39 is 0 Å². The summed E-state index contributed by atoms with van der Waals surface area (Å²) in [5.41, 5.74) is 4.87. The van der Waals surface area contributed by atoms with Gasteiger partial charge in [0.15, 0.2) is 0 Å². The van der Waals surface area contributed by atoms with Crippen LogP contribution in [0.15, 0.2) is 0 Å². The first kappa shape index (κ1) is 13.9. The summed E-state index contributed by atoms with van der Waals surface area (Å²) in [7, 11) is 1.66. The van der Waals surface area contributed by atoms with Gasteiger partial charge in [0, 0.05) is 20.2 Å². The van der Waals surface area contributed by atoms with E-state index in [1.165, 1.54) is 0 Å². The molecule has 0 aromatic rings. The molecule has 0 radical (unpaired) electrons. The van der Waals surface area contributed by atoms with Crippen LogP contribution in [0.2, 0.25) is 0 Å². The molecule has 6 heteroatoms. The number of methoxy groups -OCH3 is 1. The number of hydrogen-bond donors (Lipinski definition) is 2. The molecule has 17 heavy (non-hydrogen) atoms. The molecule has 0 aromatic carbocycles. The molecule has 1 unspecified atom stereocenters. The van der Waals surface area contributed by atoms with E-state index in [4.69, 9.17) is 10.5 Å². The maximum Gasteiger partial charge on any atom is 0.242 e. The Morgan fingerprint density at radius 2 is 2.24 bits per heavy atom. The van der Waals surface area contributed by atoms with Crippen molar-refractivity contribution in [2.45, 2.75) is 25.4 Å². The standard InChI is InChI=1S/C11H21N3O3/c1-11(17-2)4-3-5-14(8-11)10(16)7-13-9(15)6-12/h3-8,12H2,1-2H3,(H,13,15). The number of carbonyl (C=O) groups is 2. The van der Waals surface area contributed by atoms with E-state index in [0.29, 0.717) is 6.54 Å². The fourth-order valence-electron chi connectivity index (χ4n) is 1.94. The van der Waals surface area contributed by atoms with Gasteiger partial charge in [-0.2, -0.15) is 0 Å². The van der Waals surface area contributed by atoms with Crippen LogP contribution < -0.4 is 11.1 Å². The van der Waals surface area contributed by atoms with Gasteiger partial charge in [-0.05, 0) is 19.8 Å². The summed E-state index contributed by atoms with van der Waals surface area (Å²) in [4.78, 5) is 24.5. The lowest BCUT2D eigenvalue weighted by Crippen LogP contribution is -2.52. The Kier molecular flexibility index (Phi) is 4.89. The zero-order chi connectivity index (χ0) is 12.9. The van der Waals surface area contributed by atoms with E-state index in [-0.39, 0.29) is 30.5 Å². The van der Waals surface area contributed by atoms with Crippen LogP contribution in [0.1, 0.15) is 19.8 Å². The molecule has 0 aromatic heterocycles. The van der Waals surface area contributed by atoms with Crippen LogP contribution in [-0.2, 0) is 14.3 Å². The minimum atomic E-state index is -0.315. The van der Waals surface area contributed by atoms with Crippen molar-refractivity contribution in [2.75, 3.05) is 33.3 Å². The van der Waals surface area contributed by atoms with Gasteiger partial charge in [-0.1, -0.05) is 0 Å². The third-order valence-electron chi connectivity index (χ3n) is 3.13. The molecule has 1 aliphatic heterocycles. The first-order chi connectivity index (χ1) is 8.00. The number of hydrogen-bond acceptors (Lipinski definition) is 4. The molecule has 0 saturated carbocycles. The first-order valence-corrected chi connectivity index (χ1v) is 5.80. The van der Waals surface area contributed by atoms with Crippen LogP contribution in [0.4, 0.5) is 0 Å². The quantitative estimate of drug-likeness (QED) is 0.669. The van der Waals surface area contributed by atoms with Gasteiger partial charge >= 0.3 is 0 Å². The Bertz CT molecular complexity index is 296. The Hall–Kier alpha value is -1.14. The van der Waals surface area contributed by atoms with Crippen molar-refractivity contribution in [3.63, 3.8) is 0 Å². The van der Waals surface area contributed by atoms with Gasteiger partial charge in [0.25, 0.3) is 0 Å². The molecule has 2 amide bonds. The van der Waals surface area contributed by atoms with Crippen molar-refractivity contribution in [3.8, 4) is 0 Å². The van der Waals surface area contributed by atoms with Crippen molar-refractivity contribution >= 4 is 11.8 Å². The van der Waals surface area contributed by atoms with Crippen LogP contribution in [0, 0.1) is 0 Å². The van der Waals surface area contributed by atoms with E-state index in [1.807, 2.05) is 6.92 Å². The molecule has 3 N–H and O–H groups in total. The number of piperidine rings is 1. The lowest BCUT2D eigenvalue weighted by Gasteiger charge is -2.39. The average molecular weight is 243 g/mol. The van der Waals surface area contributed by atoms with Crippen molar-refractivity contribution in [1.29, 1.82) is 0 Å². The fourth-order valence-corrected chi connectivity index (χ4v) is 1.94. The number of nitrogens with two attached hydrogens (primary N) is 1. The molecule has 1 rings (SSSR count). The molecule has 6 nitrogen and oxygen atoms in total. The predicted octanol–water partition coefficient (Wildman–Crippen LogP) is -0.911. The van der Waals surface area contributed by atoms with Crippen LogP contribution >= 0.6 is 0 Å². The third-order valence-corrected chi connectivity index (χ3v) is 3.13. The minimum Gasteiger partial charge on any atom is -0.377 e. The lowest BCUT2D eigenvalue weighted by atomic mass is 9.95. The molecular weight excluding hydrogens is 222 g/mol. The summed E-state index contributed by atoms with van der Waals surface area (Å²) in [5.74, 6) is -0.403. The van der Waals surface area contributed by atoms with Crippen molar-refractivity contribution in [3.05, 3.63) is 0 Å². The summed E-state index contributed by atoms with van der Waals surface area (Å²) in [6, 6.07) is 0. The molecule has 1 fully saturated rings. The molecule has 1 saturated heterocycles. The average Bonchev–Trinajstić information content (AvgIpc) is 2.35. The van der Waals surface area contributed by atoms with Crippen LogP contribution in [0.25, 0.3) is 0 Å². The van der Waals surface area contributed by atoms with E-state index in [0.717, 1.165) is 19.4 Å². The number of carbonyl (C=O) groups excluding carboxylic acids is 2. The molecule has 0 bridgehead atoms. The predicted molar refractivity (Wildman–Crippen MR) is 63.3 cm³/mol. The lowest BCUT2D eigenvalue weighted by molar-refractivity contribution is -0.139. The Balaban J connectivity index is 2.44. The molecule has 1 atom stereocenters. The van der Waals surface area contributed by atoms with Crippen LogP contribution in [0.3, 0.4) is 0 Å². The molecule has 0 aliphatic carbocycles. The smallest absolute Gasteiger partial charge is 0.242 e. The van der Waals surface area contributed by atoms with Gasteiger partial charge in [0.1, 0.15) is 0 Å². The van der Waals surface area contributed by atoms with E-state index >= 15 is 0 Å². The summed E-state index contributed by atoms with van der Waals surface area (Å²) in [6.45, 7) is 3.20. The van der Waals surface area contributed by atoms with E-state index in [2.05, 4.69) is 5.32 Å². The number of likely N-dealkylation sites (tertiary alicyclic amines) is 1. The maximum absolute atomic E-state index is 11.8. The van der Waals surface area contributed by atoms with Gasteiger partial charge in [-0.25, -0.2) is 0 Å². The number of nitrogens with zero attached hydrogens (tertiary/aromatic N) is 1. The minimum absolute atomic E-state index is 0.00975. The fraction of sp³-hybridized carbons (Fsp3) is 0.818. The summed E-state index contributed by atoms with van der Waals surface area (Å²) in [5, 5.41) is 2.48. The topological polar surface area (TPSA) is 84.7 Å². The van der Waals surface area contributed by atoms with Crippen LogP contribution in [-0.4, -0.2) is 55.6 Å². The van der Waals surface area contributed by atoms with Gasteiger partial charge in [0.2, 0.25) is 11.8 Å². The second-order valence-electron chi connectivity index (χ2n) is 4.55. The highest BCUT2D eigenvalue weighted by atomic mass is 16.5. The molecular formula is C11H21N3O3. The van der Waals surface area contributed by atoms with E-state index in [1.54, 1.807) is 12.0 Å². The molecule has 1 aliphatic rings. The highest BCUT2D eigenvalue weighted by Crippen LogP contribution is 2.23. The van der Waals surface area contributed by atoms with Gasteiger partial charge in [0.05, 0.1) is 18.7 Å². The van der Waals surface area contributed by atoms with Crippen molar-refractivity contribution in [1.82, 2.24) is 10.2 Å². The Morgan fingerprint density at radius 3 is 2.82 bits per heavy atom. The SMILES string of the molecule is COC1(C)CCCN(C(=O)CNC(=O)CN)C1. The zero-order valence-electron chi connectivity index (χ0n) is 10.5. The van der Waals surface area contributed by atoms with Crippen molar-refractivity contribution < 1.29 is 14.3 Å². The molecule has 0 spiro atoms. The first-order valence-electron chi connectivity index (χ1n) is 5.80. The Morgan fingerprint density at radius 1 is 1.53 bits per heavy atom. The number of rotatable bonds is 4. The van der Waals surface area contributed by atoms with Crippen LogP contribution in [0.5, 0.6) is 0 Å². The van der Waals surface area contributed by atoms with Gasteiger partial charge < -0.3 is 20.7 Å². The summed E-state index contributed by atoms with van der Waals surface area (Å²) >= 11 is 0. The highest BCUT2D eigenvalue weighted by molar-refractivity contribution is 5.85. The van der Waals surface area contributed by atoms with Gasteiger partial charge in [-0.3, -0.25) is 9.59 Å². The number of ether oxygens (including phenoxy) is 1. The molecule has 1 heterocycles. The van der Waals surface area contributed by atoms with Gasteiger partial charge in [-0.15, -0.1) is 0 Å². The van der Waals surface area contributed by atoms with Crippen molar-refractivity contribution in [2.24, 2.45) is 5.73 Å². The Labute approximate surface area is 101 Å². The highest BCUT2D eigenvalue weighted by Gasteiger charge is 2.32. The summed E-state index contributed by atoms with van der Waals surface area (Å²) < 4.78 is 5.40. The number of amides is 2. The summed E-state index contributed by atoms with van der Waals surface area (Å²) in [6.07, 6.45) is 1.86. The number of nitrogens with one attached hydrogen (secondary N) is 1.